The van der Waals surface area contributed by atoms with Gasteiger partial charge in [-0.15, -0.1) is 0 Å². The maximum Gasteiger partial charge on any atom is 0.228 e. The normalized spacial score (nSPS) is 18.6. The maximum absolute atomic E-state index is 11.2. The highest BCUT2D eigenvalue weighted by atomic mass is 16.5. The van der Waals surface area contributed by atoms with Gasteiger partial charge < -0.3 is 20.5 Å². The number of aliphatic imine (C=N–C) groups is 1. The highest BCUT2D eigenvalue weighted by Crippen LogP contribution is 2.19. The number of hydrogen-bond donors (Lipinski definition) is 2. The molecule has 1 fully saturated rings. The number of piperidine rings is 1. The second kappa shape index (κ2) is 9.39. The molecule has 0 aliphatic carbocycles. The molecule has 1 aromatic rings. The quantitative estimate of drug-likeness (QED) is 0.566. The Morgan fingerprint density at radius 2 is 2.32 bits per heavy atom. The van der Waals surface area contributed by atoms with E-state index in [-0.39, 0.29) is 11.8 Å². The molecule has 0 radical (unpaired) electrons. The molecule has 8 nitrogen and oxygen atoms in total. The minimum atomic E-state index is -0.230. The Balaban J connectivity index is 1.93. The van der Waals surface area contributed by atoms with Crippen molar-refractivity contribution in [2.75, 3.05) is 26.2 Å². The van der Waals surface area contributed by atoms with Gasteiger partial charge in [-0.05, 0) is 25.7 Å². The Labute approximate surface area is 149 Å². The number of primary amides is 1. The van der Waals surface area contributed by atoms with Crippen LogP contribution in [0.15, 0.2) is 9.52 Å². The summed E-state index contributed by atoms with van der Waals surface area (Å²) in [6.45, 7) is 9.26. The first-order valence-corrected chi connectivity index (χ1v) is 9.13. The monoisotopic (exact) mass is 350 g/mol. The molecular weight excluding hydrogens is 320 g/mol. The van der Waals surface area contributed by atoms with Crippen LogP contribution < -0.4 is 11.1 Å². The summed E-state index contributed by atoms with van der Waals surface area (Å²) < 4.78 is 5.26. The van der Waals surface area contributed by atoms with Gasteiger partial charge in [-0.2, -0.15) is 4.98 Å². The van der Waals surface area contributed by atoms with Crippen molar-refractivity contribution in [1.82, 2.24) is 20.4 Å². The number of nitrogens with two attached hydrogens (primary N) is 1. The molecule has 8 heteroatoms. The number of nitrogens with zero attached hydrogens (tertiary/aromatic N) is 4. The zero-order valence-corrected chi connectivity index (χ0v) is 15.5. The van der Waals surface area contributed by atoms with E-state index in [0.717, 1.165) is 44.3 Å². The highest BCUT2D eigenvalue weighted by Gasteiger charge is 2.23. The summed E-state index contributed by atoms with van der Waals surface area (Å²) in [7, 11) is 0. The fraction of sp³-hybridized carbons (Fsp3) is 0.765. The van der Waals surface area contributed by atoms with Crippen molar-refractivity contribution in [3.8, 4) is 0 Å². The van der Waals surface area contributed by atoms with E-state index in [2.05, 4.69) is 25.3 Å². The van der Waals surface area contributed by atoms with Gasteiger partial charge >= 0.3 is 0 Å². The van der Waals surface area contributed by atoms with Crippen LogP contribution >= 0.6 is 0 Å². The fourth-order valence-electron chi connectivity index (χ4n) is 3.00. The third kappa shape index (κ3) is 6.03. The summed E-state index contributed by atoms with van der Waals surface area (Å²) in [5.41, 5.74) is 5.34. The lowest BCUT2D eigenvalue weighted by Crippen LogP contribution is -2.47. The van der Waals surface area contributed by atoms with Gasteiger partial charge in [0, 0.05) is 38.4 Å². The smallest absolute Gasteiger partial charge is 0.228 e. The van der Waals surface area contributed by atoms with E-state index in [0.29, 0.717) is 31.2 Å². The molecule has 1 amide bonds. The van der Waals surface area contributed by atoms with E-state index in [1.807, 2.05) is 20.8 Å². The van der Waals surface area contributed by atoms with Crippen LogP contribution in [0.1, 0.15) is 57.7 Å². The van der Waals surface area contributed by atoms with Crippen molar-refractivity contribution in [1.29, 1.82) is 0 Å². The number of carbonyl (C=O) groups excluding carboxylic acids is 1. The Kier molecular flexibility index (Phi) is 7.21. The number of hydrogen-bond acceptors (Lipinski definition) is 5. The van der Waals surface area contributed by atoms with Crippen molar-refractivity contribution in [2.45, 2.75) is 52.4 Å². The first-order valence-electron chi connectivity index (χ1n) is 9.13. The first-order chi connectivity index (χ1) is 12.0. The molecule has 0 spiro atoms. The van der Waals surface area contributed by atoms with Crippen molar-refractivity contribution in [2.24, 2.45) is 16.6 Å². The Morgan fingerprint density at radius 3 is 2.96 bits per heavy atom. The first kappa shape index (κ1) is 19.2. The van der Waals surface area contributed by atoms with Crippen molar-refractivity contribution < 1.29 is 9.32 Å². The largest absolute Gasteiger partial charge is 0.370 e. The van der Waals surface area contributed by atoms with E-state index in [1.54, 1.807) is 0 Å². The zero-order chi connectivity index (χ0) is 18.2. The van der Waals surface area contributed by atoms with Gasteiger partial charge in [0.05, 0.1) is 6.54 Å². The number of amides is 1. The molecular formula is C17H30N6O2. The minimum Gasteiger partial charge on any atom is -0.370 e. The van der Waals surface area contributed by atoms with Gasteiger partial charge in [0.2, 0.25) is 11.8 Å². The van der Waals surface area contributed by atoms with Crippen LogP contribution in [0.5, 0.6) is 0 Å². The maximum atomic E-state index is 11.2. The van der Waals surface area contributed by atoms with Crippen molar-refractivity contribution >= 4 is 11.9 Å². The van der Waals surface area contributed by atoms with Gasteiger partial charge in [-0.3, -0.25) is 9.79 Å². The molecule has 1 unspecified atom stereocenters. The summed E-state index contributed by atoms with van der Waals surface area (Å²) in [6.07, 6.45) is 3.14. The second-order valence-corrected chi connectivity index (χ2v) is 6.81. The molecule has 0 aromatic carbocycles. The zero-order valence-electron chi connectivity index (χ0n) is 15.5. The summed E-state index contributed by atoms with van der Waals surface area (Å²) in [5, 5.41) is 7.30. The lowest BCUT2D eigenvalue weighted by Gasteiger charge is -2.34. The standard InChI is InChI=1S/C17H30N6O2/c1-4-19-17(23-9-5-6-13(11-23)10-14(18)24)20-8-7-15-21-16(12(2)3)22-25-15/h12-13H,4-11H2,1-3H3,(H2,18,24)(H,19,20). The topological polar surface area (TPSA) is 110 Å². The third-order valence-electron chi connectivity index (χ3n) is 4.23. The van der Waals surface area contributed by atoms with Crippen LogP contribution in [0, 0.1) is 5.92 Å². The Morgan fingerprint density at radius 1 is 1.52 bits per heavy atom. The average Bonchev–Trinajstić information content (AvgIpc) is 3.03. The van der Waals surface area contributed by atoms with E-state index in [4.69, 9.17) is 10.3 Å². The van der Waals surface area contributed by atoms with Crippen LogP contribution in [0.2, 0.25) is 0 Å². The van der Waals surface area contributed by atoms with Crippen LogP contribution in [-0.2, 0) is 11.2 Å². The van der Waals surface area contributed by atoms with Crippen LogP contribution in [0.4, 0.5) is 0 Å². The highest BCUT2D eigenvalue weighted by molar-refractivity contribution is 5.80. The van der Waals surface area contributed by atoms with Gasteiger partial charge in [0.25, 0.3) is 0 Å². The van der Waals surface area contributed by atoms with E-state index in [9.17, 15) is 4.79 Å². The van der Waals surface area contributed by atoms with Crippen molar-refractivity contribution in [3.05, 3.63) is 11.7 Å². The number of aromatic nitrogens is 2. The van der Waals surface area contributed by atoms with Gasteiger partial charge in [0.15, 0.2) is 11.8 Å². The molecule has 1 atom stereocenters. The molecule has 1 aliphatic heterocycles. The molecule has 1 saturated heterocycles. The number of guanidine groups is 1. The number of likely N-dealkylation sites (tertiary alicyclic amines) is 1. The summed E-state index contributed by atoms with van der Waals surface area (Å²) >= 11 is 0. The number of nitrogens with one attached hydrogen (secondary N) is 1. The number of rotatable bonds is 7. The summed E-state index contributed by atoms with van der Waals surface area (Å²) in [5.74, 6) is 2.56. The molecule has 0 bridgehead atoms. The third-order valence-corrected chi connectivity index (χ3v) is 4.23. The molecule has 25 heavy (non-hydrogen) atoms. The average molecular weight is 350 g/mol. The summed E-state index contributed by atoms with van der Waals surface area (Å²) in [6, 6.07) is 0. The molecule has 2 heterocycles. The molecule has 3 N–H and O–H groups in total. The summed E-state index contributed by atoms with van der Waals surface area (Å²) in [4.78, 5) is 22.5. The lowest BCUT2D eigenvalue weighted by molar-refractivity contribution is -0.119. The Hall–Kier alpha value is -2.12. The lowest BCUT2D eigenvalue weighted by atomic mass is 9.95. The molecule has 2 rings (SSSR count). The molecule has 140 valence electrons. The minimum absolute atomic E-state index is 0.230. The van der Waals surface area contributed by atoms with Gasteiger partial charge in [-0.1, -0.05) is 19.0 Å². The van der Waals surface area contributed by atoms with Crippen molar-refractivity contribution in [3.63, 3.8) is 0 Å². The van der Waals surface area contributed by atoms with Gasteiger partial charge in [0.1, 0.15) is 0 Å². The van der Waals surface area contributed by atoms with Crippen LogP contribution in [0.25, 0.3) is 0 Å². The van der Waals surface area contributed by atoms with E-state index < -0.39 is 0 Å². The fourth-order valence-corrected chi connectivity index (χ4v) is 3.00. The predicted molar refractivity (Wildman–Crippen MR) is 96.2 cm³/mol. The Bertz CT molecular complexity index is 583. The molecule has 0 saturated carbocycles. The second-order valence-electron chi connectivity index (χ2n) is 6.81. The molecule has 1 aromatic heterocycles. The van der Waals surface area contributed by atoms with Gasteiger partial charge in [-0.25, -0.2) is 0 Å². The number of carbonyl (C=O) groups is 1. The van der Waals surface area contributed by atoms with Crippen LogP contribution in [0.3, 0.4) is 0 Å². The molecule has 1 aliphatic rings. The van der Waals surface area contributed by atoms with Crippen LogP contribution in [-0.4, -0.2) is 53.1 Å². The predicted octanol–water partition coefficient (Wildman–Crippen LogP) is 1.29. The SMILES string of the molecule is CCNC(=NCCc1nc(C(C)C)no1)N1CCCC(CC(N)=O)C1. The van der Waals surface area contributed by atoms with E-state index >= 15 is 0 Å². The van der Waals surface area contributed by atoms with E-state index in [1.165, 1.54) is 0 Å².